The van der Waals surface area contributed by atoms with E-state index in [-0.39, 0.29) is 12.4 Å². The van der Waals surface area contributed by atoms with Crippen molar-refractivity contribution in [2.24, 2.45) is 0 Å². The summed E-state index contributed by atoms with van der Waals surface area (Å²) in [6.45, 7) is -0.0246. The lowest BCUT2D eigenvalue weighted by molar-refractivity contribution is 0.0921. The van der Waals surface area contributed by atoms with E-state index in [4.69, 9.17) is 21.1 Å². The topological polar surface area (TPSA) is 35.5 Å². The fourth-order valence-electron chi connectivity index (χ4n) is 1.60. The summed E-state index contributed by atoms with van der Waals surface area (Å²) in [5.41, 5.74) is 0.501. The molecule has 0 heterocycles. The molecule has 0 saturated carbocycles. The van der Waals surface area contributed by atoms with Gasteiger partial charge in [0.05, 0.1) is 12.1 Å². The van der Waals surface area contributed by atoms with E-state index in [0.717, 1.165) is 3.57 Å². The van der Waals surface area contributed by atoms with Crippen molar-refractivity contribution in [2.45, 2.75) is 0 Å². The van der Waals surface area contributed by atoms with Crippen LogP contribution in [0.5, 0.6) is 11.5 Å². The summed E-state index contributed by atoms with van der Waals surface area (Å²) >= 11 is 8.20. The number of halogens is 2. The molecule has 2 aromatic carbocycles. The maximum absolute atomic E-state index is 12.0. The van der Waals surface area contributed by atoms with E-state index in [9.17, 15) is 4.79 Å². The number of hydrogen-bond acceptors (Lipinski definition) is 3. The van der Waals surface area contributed by atoms with Gasteiger partial charge in [-0.1, -0.05) is 11.6 Å². The molecule has 0 aliphatic carbocycles. The summed E-state index contributed by atoms with van der Waals surface area (Å²) in [5.74, 6) is 1.08. The highest BCUT2D eigenvalue weighted by atomic mass is 127. The van der Waals surface area contributed by atoms with Crippen LogP contribution in [-0.4, -0.2) is 19.5 Å². The predicted molar refractivity (Wildman–Crippen MR) is 87.0 cm³/mol. The number of methoxy groups -OCH3 is 1. The average molecular weight is 403 g/mol. The third-order valence-electron chi connectivity index (χ3n) is 2.66. The molecule has 0 atom stereocenters. The van der Waals surface area contributed by atoms with Gasteiger partial charge in [0, 0.05) is 9.13 Å². The zero-order valence-electron chi connectivity index (χ0n) is 10.7. The van der Waals surface area contributed by atoms with Gasteiger partial charge in [-0.25, -0.2) is 0 Å². The van der Waals surface area contributed by atoms with E-state index in [2.05, 4.69) is 22.6 Å². The molecule has 0 amide bonds. The molecule has 104 valence electrons. The van der Waals surface area contributed by atoms with Crippen molar-refractivity contribution >= 4 is 40.0 Å². The molecular weight excluding hydrogens is 391 g/mol. The minimum atomic E-state index is -0.131. The highest BCUT2D eigenvalue weighted by Crippen LogP contribution is 2.25. The van der Waals surface area contributed by atoms with Gasteiger partial charge in [0.15, 0.2) is 12.4 Å². The van der Waals surface area contributed by atoms with Crippen LogP contribution in [-0.2, 0) is 0 Å². The van der Waals surface area contributed by atoms with Gasteiger partial charge < -0.3 is 9.47 Å². The number of carbonyl (C=O) groups excluding carboxylic acids is 1. The first-order valence-electron chi connectivity index (χ1n) is 5.85. The number of ketones is 1. The molecule has 0 aromatic heterocycles. The van der Waals surface area contributed by atoms with Crippen molar-refractivity contribution in [3.63, 3.8) is 0 Å². The Labute approximate surface area is 136 Å². The minimum Gasteiger partial charge on any atom is -0.495 e. The lowest BCUT2D eigenvalue weighted by Crippen LogP contribution is -2.11. The van der Waals surface area contributed by atoms with Crippen LogP contribution in [0.15, 0.2) is 42.5 Å². The fraction of sp³-hybridized carbons (Fsp3) is 0.133. The lowest BCUT2D eigenvalue weighted by Gasteiger charge is -2.07. The normalized spacial score (nSPS) is 10.2. The first-order valence-corrected chi connectivity index (χ1v) is 7.31. The van der Waals surface area contributed by atoms with Crippen molar-refractivity contribution in [1.29, 1.82) is 0 Å². The zero-order chi connectivity index (χ0) is 14.5. The highest BCUT2D eigenvalue weighted by Gasteiger charge is 2.10. The van der Waals surface area contributed by atoms with Gasteiger partial charge in [0.1, 0.15) is 11.5 Å². The molecule has 0 bridgehead atoms. The summed E-state index contributed by atoms with van der Waals surface area (Å²) in [7, 11) is 1.53. The second-order valence-electron chi connectivity index (χ2n) is 4.02. The summed E-state index contributed by atoms with van der Waals surface area (Å²) < 4.78 is 11.6. The molecule has 5 heteroatoms. The van der Waals surface area contributed by atoms with Crippen LogP contribution in [0.4, 0.5) is 0 Å². The average Bonchev–Trinajstić information content (AvgIpc) is 2.46. The van der Waals surface area contributed by atoms with Crippen LogP contribution in [0.1, 0.15) is 10.4 Å². The molecular formula is C15H12ClIO3. The third kappa shape index (κ3) is 3.86. The summed E-state index contributed by atoms with van der Waals surface area (Å²) in [4.78, 5) is 12.0. The van der Waals surface area contributed by atoms with Crippen molar-refractivity contribution in [3.8, 4) is 11.5 Å². The lowest BCUT2D eigenvalue weighted by atomic mass is 10.1. The van der Waals surface area contributed by atoms with Crippen LogP contribution in [0, 0.1) is 3.57 Å². The molecule has 0 fully saturated rings. The second-order valence-corrected chi connectivity index (χ2v) is 5.67. The standard InChI is InChI=1S/C15H12ClIO3/c1-19-15-7-2-10(8-13(15)16)14(18)9-20-12-5-3-11(17)4-6-12/h2-8H,9H2,1H3. The first-order chi connectivity index (χ1) is 9.60. The number of ether oxygens (including phenoxy) is 2. The van der Waals surface area contributed by atoms with Crippen molar-refractivity contribution in [1.82, 2.24) is 0 Å². The van der Waals surface area contributed by atoms with Crippen molar-refractivity contribution in [3.05, 3.63) is 56.6 Å². The van der Waals surface area contributed by atoms with E-state index < -0.39 is 0 Å². The second kappa shape index (κ2) is 6.95. The Kier molecular flexibility index (Phi) is 5.25. The number of Topliss-reactive ketones (excluding diaryl/α,β-unsaturated/α-hetero) is 1. The largest absolute Gasteiger partial charge is 0.495 e. The molecule has 0 saturated heterocycles. The van der Waals surface area contributed by atoms with Crippen molar-refractivity contribution < 1.29 is 14.3 Å². The number of rotatable bonds is 5. The Morgan fingerprint density at radius 1 is 1.20 bits per heavy atom. The predicted octanol–water partition coefficient (Wildman–Crippen LogP) is 4.21. The monoisotopic (exact) mass is 402 g/mol. The molecule has 0 aliphatic heterocycles. The van der Waals surface area contributed by atoms with E-state index in [0.29, 0.717) is 22.1 Å². The van der Waals surface area contributed by atoms with Gasteiger partial charge in [-0.15, -0.1) is 0 Å². The maximum Gasteiger partial charge on any atom is 0.200 e. The van der Waals surface area contributed by atoms with Gasteiger partial charge in [0.2, 0.25) is 0 Å². The number of hydrogen-bond donors (Lipinski definition) is 0. The van der Waals surface area contributed by atoms with Gasteiger partial charge in [0.25, 0.3) is 0 Å². The molecule has 0 radical (unpaired) electrons. The van der Waals surface area contributed by atoms with Gasteiger partial charge >= 0.3 is 0 Å². The number of benzene rings is 2. The summed E-state index contributed by atoms with van der Waals surface area (Å²) in [6.07, 6.45) is 0. The Balaban J connectivity index is 2.01. The minimum absolute atomic E-state index is 0.0246. The molecule has 0 spiro atoms. The molecule has 0 unspecified atom stereocenters. The first kappa shape index (κ1) is 15.1. The van der Waals surface area contributed by atoms with Gasteiger partial charge in [-0.2, -0.15) is 0 Å². The van der Waals surface area contributed by atoms with Crippen LogP contribution < -0.4 is 9.47 Å². The SMILES string of the molecule is COc1ccc(C(=O)COc2ccc(I)cc2)cc1Cl. The maximum atomic E-state index is 12.0. The Morgan fingerprint density at radius 3 is 2.50 bits per heavy atom. The van der Waals surface area contributed by atoms with Crippen LogP contribution in [0.3, 0.4) is 0 Å². The highest BCUT2D eigenvalue weighted by molar-refractivity contribution is 14.1. The van der Waals surface area contributed by atoms with Crippen LogP contribution >= 0.6 is 34.2 Å². The third-order valence-corrected chi connectivity index (χ3v) is 3.67. The zero-order valence-corrected chi connectivity index (χ0v) is 13.6. The Hall–Kier alpha value is -1.27. The molecule has 3 nitrogen and oxygen atoms in total. The smallest absolute Gasteiger partial charge is 0.200 e. The molecule has 20 heavy (non-hydrogen) atoms. The van der Waals surface area contributed by atoms with E-state index in [1.807, 2.05) is 24.3 Å². The molecule has 0 N–H and O–H groups in total. The van der Waals surface area contributed by atoms with Crippen LogP contribution in [0.25, 0.3) is 0 Å². The van der Waals surface area contributed by atoms with E-state index in [1.54, 1.807) is 18.2 Å². The molecule has 2 rings (SSSR count). The van der Waals surface area contributed by atoms with E-state index in [1.165, 1.54) is 7.11 Å². The molecule has 2 aromatic rings. The van der Waals surface area contributed by atoms with Gasteiger partial charge in [-0.3, -0.25) is 4.79 Å². The summed E-state index contributed by atoms with van der Waals surface area (Å²) in [5, 5.41) is 0.410. The van der Waals surface area contributed by atoms with Gasteiger partial charge in [-0.05, 0) is 65.1 Å². The quantitative estimate of drug-likeness (QED) is 0.555. The Morgan fingerprint density at radius 2 is 1.90 bits per heavy atom. The van der Waals surface area contributed by atoms with Crippen LogP contribution in [0.2, 0.25) is 5.02 Å². The van der Waals surface area contributed by atoms with E-state index >= 15 is 0 Å². The Bertz CT molecular complexity index is 611. The van der Waals surface area contributed by atoms with Crippen molar-refractivity contribution in [2.75, 3.05) is 13.7 Å². The fourth-order valence-corrected chi connectivity index (χ4v) is 2.22. The summed E-state index contributed by atoms with van der Waals surface area (Å²) in [6, 6.07) is 12.4. The number of carbonyl (C=O) groups is 1. The molecule has 0 aliphatic rings.